The second kappa shape index (κ2) is 9.67. The monoisotopic (exact) mass is 328 g/mol. The molecule has 0 aliphatic heterocycles. The van der Waals surface area contributed by atoms with Gasteiger partial charge in [-0.3, -0.25) is 9.78 Å². The van der Waals surface area contributed by atoms with Crippen molar-refractivity contribution in [2.75, 3.05) is 13.2 Å². The average molecular weight is 328 g/mol. The highest BCUT2D eigenvalue weighted by Crippen LogP contribution is 2.12. The molecule has 0 aliphatic carbocycles. The number of carbonyl (C=O) groups is 1. The zero-order valence-electron chi connectivity index (χ0n) is 14.2. The lowest BCUT2D eigenvalue weighted by atomic mass is 10.1. The summed E-state index contributed by atoms with van der Waals surface area (Å²) in [5.41, 5.74) is 3.24. The van der Waals surface area contributed by atoms with Crippen molar-refractivity contribution in [3.8, 4) is 5.75 Å². The maximum Gasteiger partial charge on any atom is 0.307 e. The van der Waals surface area contributed by atoms with Crippen LogP contribution < -0.4 is 10.1 Å². The van der Waals surface area contributed by atoms with Gasteiger partial charge in [-0.1, -0.05) is 24.3 Å². The van der Waals surface area contributed by atoms with E-state index in [0.29, 0.717) is 26.2 Å². The Hall–Kier alpha value is -2.40. The number of ether oxygens (including phenoxy) is 2. The van der Waals surface area contributed by atoms with Gasteiger partial charge in [0.1, 0.15) is 12.4 Å². The van der Waals surface area contributed by atoms with E-state index in [2.05, 4.69) is 22.4 Å². The van der Waals surface area contributed by atoms with Crippen LogP contribution in [0, 0.1) is 6.92 Å². The lowest BCUT2D eigenvalue weighted by Crippen LogP contribution is -2.19. The highest BCUT2D eigenvalue weighted by molar-refractivity contribution is 5.69. The predicted octanol–water partition coefficient (Wildman–Crippen LogP) is 3.01. The third-order valence-electron chi connectivity index (χ3n) is 3.45. The largest absolute Gasteiger partial charge is 0.487 e. The Bertz CT molecular complexity index is 624. The molecule has 5 nitrogen and oxygen atoms in total. The van der Waals surface area contributed by atoms with Crippen molar-refractivity contribution in [1.82, 2.24) is 10.3 Å². The Labute approximate surface area is 143 Å². The molecule has 0 amide bonds. The lowest BCUT2D eigenvalue weighted by Gasteiger charge is -2.08. The Morgan fingerprint density at radius 2 is 1.88 bits per heavy atom. The van der Waals surface area contributed by atoms with Gasteiger partial charge in [-0.2, -0.15) is 0 Å². The third kappa shape index (κ3) is 6.38. The Morgan fingerprint density at radius 1 is 1.12 bits per heavy atom. The first-order chi connectivity index (χ1) is 11.7. The third-order valence-corrected chi connectivity index (χ3v) is 3.45. The topological polar surface area (TPSA) is 60.5 Å². The molecule has 1 aromatic heterocycles. The zero-order valence-corrected chi connectivity index (χ0v) is 14.2. The minimum atomic E-state index is -0.164. The second-order valence-electron chi connectivity index (χ2n) is 5.47. The standard InChI is InChI=1S/C19H24N2O3/c1-3-23-19(22)10-11-20-12-16-5-7-17(8-6-16)14-24-18-9-4-15(2)21-13-18/h4-9,13,20H,3,10-12,14H2,1-2H3. The average Bonchev–Trinajstić information content (AvgIpc) is 2.59. The van der Waals surface area contributed by atoms with Crippen LogP contribution in [-0.4, -0.2) is 24.1 Å². The Kier molecular flexibility index (Phi) is 7.23. The van der Waals surface area contributed by atoms with Gasteiger partial charge in [0.05, 0.1) is 19.2 Å². The van der Waals surface area contributed by atoms with E-state index in [1.165, 1.54) is 5.56 Å². The molecule has 1 aromatic carbocycles. The first-order valence-corrected chi connectivity index (χ1v) is 8.17. The van der Waals surface area contributed by atoms with E-state index in [4.69, 9.17) is 9.47 Å². The van der Waals surface area contributed by atoms with E-state index in [1.54, 1.807) is 6.20 Å². The van der Waals surface area contributed by atoms with Crippen LogP contribution in [0.4, 0.5) is 0 Å². The maximum atomic E-state index is 11.2. The lowest BCUT2D eigenvalue weighted by molar-refractivity contribution is -0.142. The molecule has 0 saturated carbocycles. The summed E-state index contributed by atoms with van der Waals surface area (Å²) in [5.74, 6) is 0.605. The van der Waals surface area contributed by atoms with Gasteiger partial charge in [-0.25, -0.2) is 0 Å². The number of hydrogen-bond acceptors (Lipinski definition) is 5. The van der Waals surface area contributed by atoms with Gasteiger partial charge >= 0.3 is 5.97 Å². The summed E-state index contributed by atoms with van der Waals surface area (Å²) >= 11 is 0. The number of esters is 1. The molecule has 5 heteroatoms. The van der Waals surface area contributed by atoms with Crippen molar-refractivity contribution in [2.45, 2.75) is 33.4 Å². The zero-order chi connectivity index (χ0) is 17.2. The van der Waals surface area contributed by atoms with Crippen molar-refractivity contribution in [3.05, 3.63) is 59.4 Å². The number of benzene rings is 1. The molecule has 0 fully saturated rings. The molecule has 0 aliphatic rings. The van der Waals surface area contributed by atoms with Gasteiger partial charge < -0.3 is 14.8 Å². The second-order valence-corrected chi connectivity index (χ2v) is 5.47. The fourth-order valence-electron chi connectivity index (χ4n) is 2.12. The Balaban J connectivity index is 1.70. The first kappa shape index (κ1) is 17.9. The van der Waals surface area contributed by atoms with E-state index in [0.717, 1.165) is 23.6 Å². The molecule has 0 radical (unpaired) electrons. The number of nitrogens with one attached hydrogen (secondary N) is 1. The molecule has 1 heterocycles. The Morgan fingerprint density at radius 3 is 2.54 bits per heavy atom. The van der Waals surface area contributed by atoms with Crippen LogP contribution in [0.2, 0.25) is 0 Å². The van der Waals surface area contributed by atoms with Gasteiger partial charge in [-0.15, -0.1) is 0 Å². The number of aryl methyl sites for hydroxylation is 1. The van der Waals surface area contributed by atoms with Crippen LogP contribution in [0.25, 0.3) is 0 Å². The molecule has 128 valence electrons. The van der Waals surface area contributed by atoms with E-state index in [1.807, 2.05) is 38.1 Å². The number of rotatable bonds is 9. The summed E-state index contributed by atoms with van der Waals surface area (Å²) in [7, 11) is 0. The molecular weight excluding hydrogens is 304 g/mol. The maximum absolute atomic E-state index is 11.2. The molecular formula is C19H24N2O3. The molecule has 24 heavy (non-hydrogen) atoms. The number of carbonyl (C=O) groups excluding carboxylic acids is 1. The van der Waals surface area contributed by atoms with Crippen LogP contribution >= 0.6 is 0 Å². The first-order valence-electron chi connectivity index (χ1n) is 8.17. The summed E-state index contributed by atoms with van der Waals surface area (Å²) in [5, 5.41) is 3.23. The van der Waals surface area contributed by atoms with Crippen LogP contribution in [-0.2, 0) is 22.7 Å². The van der Waals surface area contributed by atoms with Crippen molar-refractivity contribution < 1.29 is 14.3 Å². The normalized spacial score (nSPS) is 10.4. The van der Waals surface area contributed by atoms with Crippen LogP contribution in [0.1, 0.15) is 30.2 Å². The fraction of sp³-hybridized carbons (Fsp3) is 0.368. The molecule has 2 rings (SSSR count). The smallest absolute Gasteiger partial charge is 0.307 e. The highest BCUT2D eigenvalue weighted by atomic mass is 16.5. The summed E-state index contributed by atoms with van der Waals surface area (Å²) in [6.45, 7) is 6.05. The van der Waals surface area contributed by atoms with Crippen molar-refractivity contribution in [2.24, 2.45) is 0 Å². The molecule has 0 unspecified atom stereocenters. The van der Waals surface area contributed by atoms with E-state index < -0.39 is 0 Å². The van der Waals surface area contributed by atoms with Crippen LogP contribution in [0.5, 0.6) is 5.75 Å². The summed E-state index contributed by atoms with van der Waals surface area (Å²) in [6, 6.07) is 12.1. The molecule has 0 bridgehead atoms. The van der Waals surface area contributed by atoms with Crippen molar-refractivity contribution in [3.63, 3.8) is 0 Å². The molecule has 0 saturated heterocycles. The van der Waals surface area contributed by atoms with Crippen molar-refractivity contribution in [1.29, 1.82) is 0 Å². The van der Waals surface area contributed by atoms with Gasteiger partial charge in [0, 0.05) is 18.8 Å². The number of aromatic nitrogens is 1. The van der Waals surface area contributed by atoms with Gasteiger partial charge in [0.25, 0.3) is 0 Å². The van der Waals surface area contributed by atoms with Crippen LogP contribution in [0.3, 0.4) is 0 Å². The van der Waals surface area contributed by atoms with Crippen molar-refractivity contribution >= 4 is 5.97 Å². The molecule has 1 N–H and O–H groups in total. The minimum absolute atomic E-state index is 0.164. The SMILES string of the molecule is CCOC(=O)CCNCc1ccc(COc2ccc(C)nc2)cc1. The number of hydrogen-bond donors (Lipinski definition) is 1. The molecule has 0 spiro atoms. The van der Waals surface area contributed by atoms with Gasteiger partial charge in [0.15, 0.2) is 0 Å². The quantitative estimate of drug-likeness (QED) is 0.566. The minimum Gasteiger partial charge on any atom is -0.487 e. The summed E-state index contributed by atoms with van der Waals surface area (Å²) in [6.07, 6.45) is 2.13. The van der Waals surface area contributed by atoms with E-state index in [9.17, 15) is 4.79 Å². The summed E-state index contributed by atoms with van der Waals surface area (Å²) in [4.78, 5) is 15.4. The number of pyridine rings is 1. The van der Waals surface area contributed by atoms with Gasteiger partial charge in [-0.05, 0) is 37.1 Å². The number of nitrogens with zero attached hydrogens (tertiary/aromatic N) is 1. The molecule has 2 aromatic rings. The summed E-state index contributed by atoms with van der Waals surface area (Å²) < 4.78 is 10.6. The highest BCUT2D eigenvalue weighted by Gasteiger charge is 2.01. The van der Waals surface area contributed by atoms with E-state index >= 15 is 0 Å². The van der Waals surface area contributed by atoms with Gasteiger partial charge in [0.2, 0.25) is 0 Å². The fourth-order valence-corrected chi connectivity index (χ4v) is 2.12. The predicted molar refractivity (Wildman–Crippen MR) is 92.7 cm³/mol. The van der Waals surface area contributed by atoms with E-state index in [-0.39, 0.29) is 5.97 Å². The molecule has 0 atom stereocenters. The van der Waals surface area contributed by atoms with Crippen LogP contribution in [0.15, 0.2) is 42.6 Å².